The average molecular weight is 162 g/mol. The van der Waals surface area contributed by atoms with Crippen LogP contribution in [0.15, 0.2) is 23.6 Å². The van der Waals surface area contributed by atoms with Crippen molar-refractivity contribution in [3.63, 3.8) is 0 Å². The van der Waals surface area contributed by atoms with Gasteiger partial charge in [0.2, 0.25) is 0 Å². The minimum absolute atomic E-state index is 0.372. The van der Waals surface area contributed by atoms with Gasteiger partial charge in [0.1, 0.15) is 0 Å². The predicted molar refractivity (Wildman–Crippen MR) is 57.5 cm³/mol. The summed E-state index contributed by atoms with van der Waals surface area (Å²) in [4.78, 5) is 0. The second-order valence-electron chi connectivity index (χ2n) is 5.00. The molecule has 0 amide bonds. The van der Waals surface area contributed by atoms with E-state index in [1.807, 2.05) is 0 Å². The molecule has 1 heterocycles. The van der Waals surface area contributed by atoms with Crippen LogP contribution in [0.4, 0.5) is 0 Å². The van der Waals surface area contributed by atoms with Crippen LogP contribution in [0.5, 0.6) is 0 Å². The summed E-state index contributed by atoms with van der Waals surface area (Å²) >= 11 is 0. The van der Waals surface area contributed by atoms with E-state index in [2.05, 4.69) is 52.7 Å². The van der Waals surface area contributed by atoms with Gasteiger partial charge in [-0.3, -0.25) is 0 Å². The molecule has 1 aliphatic heterocycles. The van der Waals surface area contributed by atoms with Crippen LogP contribution in [-0.4, -0.2) is 6.71 Å². The summed E-state index contributed by atoms with van der Waals surface area (Å²) in [6.07, 6.45) is 4.68. The largest absolute Gasteiger partial charge is 0.200 e. The van der Waals surface area contributed by atoms with Crippen molar-refractivity contribution < 1.29 is 0 Å². The normalized spacial score (nSPS) is 24.2. The quantitative estimate of drug-likeness (QED) is 0.478. The van der Waals surface area contributed by atoms with Crippen molar-refractivity contribution in [1.29, 1.82) is 0 Å². The van der Waals surface area contributed by atoms with E-state index in [9.17, 15) is 0 Å². The van der Waals surface area contributed by atoms with Crippen LogP contribution in [0.2, 0.25) is 5.31 Å². The highest BCUT2D eigenvalue weighted by Gasteiger charge is 2.29. The molecule has 0 fully saturated rings. The van der Waals surface area contributed by atoms with Crippen molar-refractivity contribution in [2.45, 2.75) is 39.9 Å². The minimum atomic E-state index is 0.372. The van der Waals surface area contributed by atoms with E-state index in [1.54, 1.807) is 0 Å². The van der Waals surface area contributed by atoms with Gasteiger partial charge in [0, 0.05) is 0 Å². The van der Waals surface area contributed by atoms with Crippen LogP contribution in [-0.2, 0) is 0 Å². The standard InChI is InChI=1S/C11H19B/c1-9-6-7-12(10(2)8-9)11(3,4)5/h6-9H,1-5H3. The molecule has 0 saturated carbocycles. The monoisotopic (exact) mass is 162 g/mol. The highest BCUT2D eigenvalue weighted by atomic mass is 14.1. The molecule has 1 unspecified atom stereocenters. The maximum absolute atomic E-state index is 2.37. The van der Waals surface area contributed by atoms with Crippen molar-refractivity contribution >= 4 is 6.71 Å². The molecule has 0 bridgehead atoms. The Balaban J connectivity index is 2.83. The Morgan fingerprint density at radius 2 is 1.92 bits per heavy atom. The summed E-state index contributed by atoms with van der Waals surface area (Å²) in [6, 6.07) is 0. The predicted octanol–water partition coefficient (Wildman–Crippen LogP) is 3.51. The molecule has 0 nitrogen and oxygen atoms in total. The SMILES string of the molecule is CC1=CC(C)C=CB1C(C)(C)C. The molecule has 0 saturated heterocycles. The van der Waals surface area contributed by atoms with Gasteiger partial charge >= 0.3 is 0 Å². The van der Waals surface area contributed by atoms with Crippen LogP contribution in [0.3, 0.4) is 0 Å². The molecule has 66 valence electrons. The summed E-state index contributed by atoms with van der Waals surface area (Å²) in [5.74, 6) is 2.99. The van der Waals surface area contributed by atoms with Gasteiger partial charge in [-0.05, 0) is 5.92 Å². The lowest BCUT2D eigenvalue weighted by atomic mass is 9.30. The maximum atomic E-state index is 2.37. The number of hydrogen-bond donors (Lipinski definition) is 0. The van der Waals surface area contributed by atoms with E-state index in [0.717, 1.165) is 0 Å². The lowest BCUT2D eigenvalue weighted by Crippen LogP contribution is -2.27. The first-order chi connectivity index (χ1) is 5.41. The highest BCUT2D eigenvalue weighted by Crippen LogP contribution is 2.34. The number of hydrogen-bond acceptors (Lipinski definition) is 0. The van der Waals surface area contributed by atoms with Gasteiger partial charge in [-0.1, -0.05) is 52.1 Å². The maximum Gasteiger partial charge on any atom is 0.200 e. The molecule has 1 aliphatic rings. The Labute approximate surface area is 76.8 Å². The van der Waals surface area contributed by atoms with Crippen LogP contribution in [0.25, 0.3) is 0 Å². The molecule has 1 rings (SSSR count). The molecule has 0 aromatic rings. The third-order valence-corrected chi connectivity index (χ3v) is 2.56. The lowest BCUT2D eigenvalue weighted by molar-refractivity contribution is 0.742. The van der Waals surface area contributed by atoms with Crippen LogP contribution >= 0.6 is 0 Å². The smallest absolute Gasteiger partial charge is 0.113 e. The molecule has 0 N–H and O–H groups in total. The first-order valence-corrected chi connectivity index (χ1v) is 4.78. The van der Waals surface area contributed by atoms with Gasteiger partial charge in [0.25, 0.3) is 0 Å². The lowest BCUT2D eigenvalue weighted by Gasteiger charge is -2.29. The zero-order valence-corrected chi connectivity index (χ0v) is 8.89. The van der Waals surface area contributed by atoms with E-state index in [4.69, 9.17) is 0 Å². The third-order valence-electron chi connectivity index (χ3n) is 2.56. The first-order valence-electron chi connectivity index (χ1n) is 4.78. The van der Waals surface area contributed by atoms with Gasteiger partial charge in [-0.25, -0.2) is 0 Å². The first kappa shape index (κ1) is 9.63. The Morgan fingerprint density at radius 3 is 2.33 bits per heavy atom. The Morgan fingerprint density at radius 1 is 1.33 bits per heavy atom. The van der Waals surface area contributed by atoms with E-state index in [0.29, 0.717) is 17.9 Å². The van der Waals surface area contributed by atoms with Crippen LogP contribution in [0.1, 0.15) is 34.6 Å². The molecule has 1 heteroatoms. The summed E-state index contributed by atoms with van der Waals surface area (Å²) in [7, 11) is 0. The minimum Gasteiger partial charge on any atom is -0.113 e. The van der Waals surface area contributed by atoms with Crippen molar-refractivity contribution in [2.24, 2.45) is 5.92 Å². The molecule has 0 aromatic carbocycles. The van der Waals surface area contributed by atoms with Crippen molar-refractivity contribution in [1.82, 2.24) is 0 Å². The molecule has 12 heavy (non-hydrogen) atoms. The van der Waals surface area contributed by atoms with E-state index < -0.39 is 0 Å². The van der Waals surface area contributed by atoms with Gasteiger partial charge in [0.15, 0.2) is 6.71 Å². The zero-order chi connectivity index (χ0) is 9.35. The Hall–Kier alpha value is -0.455. The third kappa shape index (κ3) is 2.03. The fraction of sp³-hybridized carbons (Fsp3) is 0.636. The van der Waals surface area contributed by atoms with Gasteiger partial charge < -0.3 is 0 Å². The van der Waals surface area contributed by atoms with Crippen molar-refractivity contribution in [3.8, 4) is 0 Å². The van der Waals surface area contributed by atoms with Gasteiger partial charge in [-0.2, -0.15) is 0 Å². The van der Waals surface area contributed by atoms with E-state index in [-0.39, 0.29) is 0 Å². The summed E-state index contributed by atoms with van der Waals surface area (Å²) in [5, 5.41) is 0.372. The van der Waals surface area contributed by atoms with Gasteiger partial charge in [0.05, 0.1) is 0 Å². The highest BCUT2D eigenvalue weighted by molar-refractivity contribution is 6.74. The molecule has 0 aromatic heterocycles. The number of allylic oxidation sites excluding steroid dienone is 3. The molecule has 0 aliphatic carbocycles. The second kappa shape index (κ2) is 3.12. The Kier molecular flexibility index (Phi) is 2.50. The topological polar surface area (TPSA) is 0 Å². The van der Waals surface area contributed by atoms with Crippen LogP contribution < -0.4 is 0 Å². The number of rotatable bonds is 0. The molecular formula is C11H19B. The molecular weight excluding hydrogens is 143 g/mol. The van der Waals surface area contributed by atoms with E-state index >= 15 is 0 Å². The molecule has 1 atom stereocenters. The summed E-state index contributed by atoms with van der Waals surface area (Å²) in [6.45, 7) is 12.0. The summed E-state index contributed by atoms with van der Waals surface area (Å²) in [5.41, 5.74) is 1.53. The van der Waals surface area contributed by atoms with Crippen LogP contribution in [0, 0.1) is 5.92 Å². The second-order valence-corrected chi connectivity index (χ2v) is 5.00. The van der Waals surface area contributed by atoms with Crippen molar-refractivity contribution in [2.75, 3.05) is 0 Å². The summed E-state index contributed by atoms with van der Waals surface area (Å²) < 4.78 is 0. The van der Waals surface area contributed by atoms with Crippen molar-refractivity contribution in [3.05, 3.63) is 23.6 Å². The average Bonchev–Trinajstić information content (AvgIpc) is 1.83. The Bertz CT molecular complexity index is 218. The molecule has 0 radical (unpaired) electrons. The fourth-order valence-corrected chi connectivity index (χ4v) is 1.98. The molecule has 0 spiro atoms. The van der Waals surface area contributed by atoms with Gasteiger partial charge in [-0.15, -0.1) is 11.4 Å². The zero-order valence-electron chi connectivity index (χ0n) is 8.89. The van der Waals surface area contributed by atoms with E-state index in [1.165, 1.54) is 5.47 Å². The fourth-order valence-electron chi connectivity index (χ4n) is 1.98.